The molecule has 7 nitrogen and oxygen atoms in total. The van der Waals surface area contributed by atoms with E-state index < -0.39 is 0 Å². The molecule has 0 saturated carbocycles. The van der Waals surface area contributed by atoms with Crippen molar-refractivity contribution in [2.75, 3.05) is 33.7 Å². The minimum Gasteiger partial charge on any atom is -0.493 e. The molecular weight excluding hydrogens is 402 g/mol. The molecule has 0 aliphatic rings. The Labute approximate surface area is 182 Å². The molecule has 164 valence electrons. The Balaban J connectivity index is 1.97. The average molecular weight is 434 g/mol. The summed E-state index contributed by atoms with van der Waals surface area (Å²) >= 11 is 1.52. The van der Waals surface area contributed by atoms with Crippen molar-refractivity contribution in [2.24, 2.45) is 0 Å². The van der Waals surface area contributed by atoms with Crippen molar-refractivity contribution in [3.05, 3.63) is 40.7 Å². The molecule has 0 fully saturated rings. The molecule has 0 aliphatic heterocycles. The second kappa shape index (κ2) is 11.8. The zero-order valence-corrected chi connectivity index (χ0v) is 19.4. The van der Waals surface area contributed by atoms with Crippen molar-refractivity contribution in [1.29, 1.82) is 0 Å². The van der Waals surface area contributed by atoms with Crippen LogP contribution in [0.25, 0.3) is 0 Å². The van der Waals surface area contributed by atoms with E-state index in [9.17, 15) is 4.79 Å². The summed E-state index contributed by atoms with van der Waals surface area (Å²) < 4.78 is 16.1. The van der Waals surface area contributed by atoms with E-state index in [2.05, 4.69) is 15.3 Å². The first kappa shape index (κ1) is 24.0. The molecule has 1 N–H and O–H groups in total. The number of nitrogens with one attached hydrogen (secondary N) is 1. The smallest absolute Gasteiger partial charge is 0.220 e. The van der Waals surface area contributed by atoms with Crippen molar-refractivity contribution in [3.63, 3.8) is 0 Å². The van der Waals surface area contributed by atoms with Gasteiger partial charge in [-0.1, -0.05) is 17.8 Å². The Morgan fingerprint density at radius 3 is 2.43 bits per heavy atom. The van der Waals surface area contributed by atoms with Gasteiger partial charge in [0.1, 0.15) is 6.61 Å². The molecule has 0 saturated heterocycles. The minimum atomic E-state index is -0.156. The van der Waals surface area contributed by atoms with Crippen molar-refractivity contribution in [3.8, 4) is 11.5 Å². The fourth-order valence-electron chi connectivity index (χ4n) is 3.11. The van der Waals surface area contributed by atoms with Crippen LogP contribution in [0.4, 0.5) is 0 Å². The number of aromatic nitrogens is 2. The Kier molecular flexibility index (Phi) is 9.39. The first-order chi connectivity index (χ1) is 14.4. The predicted octanol–water partition coefficient (Wildman–Crippen LogP) is 3.66. The molecule has 1 amide bonds. The number of aryl methyl sites for hydroxylation is 2. The standard InChI is InChI=1S/C22H31N3O4S/c1-14(17-7-9-19(20(13-17)28-5)29-12-11-27-4)23-21(26)10-8-18-15(2)24-22(30-6)25-16(18)3/h7,9,13-14H,8,10-12H2,1-6H3,(H,23,26). The van der Waals surface area contributed by atoms with Gasteiger partial charge >= 0.3 is 0 Å². The normalized spacial score (nSPS) is 11.8. The molecule has 1 aromatic heterocycles. The highest BCUT2D eigenvalue weighted by Crippen LogP contribution is 2.30. The van der Waals surface area contributed by atoms with Crippen molar-refractivity contribution in [2.45, 2.75) is 44.8 Å². The molecule has 8 heteroatoms. The number of thioether (sulfide) groups is 1. The van der Waals surface area contributed by atoms with Crippen LogP contribution in [0.5, 0.6) is 11.5 Å². The van der Waals surface area contributed by atoms with E-state index in [0.29, 0.717) is 37.6 Å². The molecule has 1 aromatic carbocycles. The molecule has 0 aliphatic carbocycles. The van der Waals surface area contributed by atoms with Gasteiger partial charge in [-0.2, -0.15) is 0 Å². The summed E-state index contributed by atoms with van der Waals surface area (Å²) in [5.74, 6) is 1.26. The number of hydrogen-bond donors (Lipinski definition) is 1. The molecule has 0 spiro atoms. The number of nitrogens with zero attached hydrogens (tertiary/aromatic N) is 2. The molecule has 1 atom stereocenters. The van der Waals surface area contributed by atoms with E-state index in [1.54, 1.807) is 14.2 Å². The Hall–Kier alpha value is -2.32. The number of carbonyl (C=O) groups is 1. The van der Waals surface area contributed by atoms with Crippen molar-refractivity contribution >= 4 is 17.7 Å². The lowest BCUT2D eigenvalue weighted by molar-refractivity contribution is -0.121. The summed E-state index contributed by atoms with van der Waals surface area (Å²) in [7, 11) is 3.23. The third-order valence-electron chi connectivity index (χ3n) is 4.80. The zero-order valence-electron chi connectivity index (χ0n) is 18.6. The van der Waals surface area contributed by atoms with Gasteiger partial charge in [-0.15, -0.1) is 0 Å². The van der Waals surface area contributed by atoms with Gasteiger partial charge in [0.25, 0.3) is 0 Å². The molecule has 30 heavy (non-hydrogen) atoms. The second-order valence-corrected chi connectivity index (χ2v) is 7.67. The van der Waals surface area contributed by atoms with E-state index in [-0.39, 0.29) is 11.9 Å². The van der Waals surface area contributed by atoms with Gasteiger partial charge in [-0.05, 0) is 56.7 Å². The van der Waals surface area contributed by atoms with E-state index in [1.807, 2.05) is 45.2 Å². The summed E-state index contributed by atoms with van der Waals surface area (Å²) in [5.41, 5.74) is 3.84. The van der Waals surface area contributed by atoms with Crippen LogP contribution in [0.3, 0.4) is 0 Å². The molecule has 0 bridgehead atoms. The van der Waals surface area contributed by atoms with Crippen LogP contribution in [0, 0.1) is 13.8 Å². The number of rotatable bonds is 11. The van der Waals surface area contributed by atoms with E-state index >= 15 is 0 Å². The fraction of sp³-hybridized carbons (Fsp3) is 0.500. The van der Waals surface area contributed by atoms with Gasteiger partial charge < -0.3 is 19.5 Å². The molecular formula is C22H31N3O4S. The maximum atomic E-state index is 12.5. The fourth-order valence-corrected chi connectivity index (χ4v) is 3.56. The lowest BCUT2D eigenvalue weighted by Gasteiger charge is -2.17. The topological polar surface area (TPSA) is 82.6 Å². The van der Waals surface area contributed by atoms with E-state index in [4.69, 9.17) is 14.2 Å². The lowest BCUT2D eigenvalue weighted by Crippen LogP contribution is -2.27. The number of benzene rings is 1. The Bertz CT molecular complexity index is 837. The molecule has 0 radical (unpaired) electrons. The summed E-state index contributed by atoms with van der Waals surface area (Å²) in [5, 5.41) is 3.81. The Morgan fingerprint density at radius 1 is 1.13 bits per heavy atom. The predicted molar refractivity (Wildman–Crippen MR) is 119 cm³/mol. The largest absolute Gasteiger partial charge is 0.493 e. The lowest BCUT2D eigenvalue weighted by atomic mass is 10.0. The highest BCUT2D eigenvalue weighted by atomic mass is 32.2. The first-order valence-electron chi connectivity index (χ1n) is 9.86. The number of hydrogen-bond acceptors (Lipinski definition) is 7. The third kappa shape index (κ3) is 6.60. The van der Waals surface area contributed by atoms with Gasteiger partial charge in [0, 0.05) is 24.9 Å². The highest BCUT2D eigenvalue weighted by molar-refractivity contribution is 7.98. The number of amides is 1. The molecule has 2 aromatic rings. The summed E-state index contributed by atoms with van der Waals surface area (Å²) in [6, 6.07) is 5.51. The monoisotopic (exact) mass is 433 g/mol. The van der Waals surface area contributed by atoms with Crippen LogP contribution < -0.4 is 14.8 Å². The van der Waals surface area contributed by atoms with Crippen LogP contribution in [0.15, 0.2) is 23.4 Å². The SMILES string of the molecule is COCCOc1ccc(C(C)NC(=O)CCc2c(C)nc(SC)nc2C)cc1OC. The van der Waals surface area contributed by atoms with Crippen molar-refractivity contribution < 1.29 is 19.0 Å². The number of carbonyl (C=O) groups excluding carboxylic acids is 1. The number of methoxy groups -OCH3 is 2. The van der Waals surface area contributed by atoms with Gasteiger partial charge in [0.2, 0.25) is 5.91 Å². The second-order valence-electron chi connectivity index (χ2n) is 6.90. The van der Waals surface area contributed by atoms with Crippen LogP contribution in [-0.2, 0) is 16.0 Å². The summed E-state index contributed by atoms with van der Waals surface area (Å²) in [6.45, 7) is 6.82. The average Bonchev–Trinajstić information content (AvgIpc) is 2.73. The van der Waals surface area contributed by atoms with Crippen LogP contribution in [-0.4, -0.2) is 49.6 Å². The summed E-state index contributed by atoms with van der Waals surface area (Å²) in [6.07, 6.45) is 2.94. The minimum absolute atomic E-state index is 0.0189. The van der Waals surface area contributed by atoms with Crippen LogP contribution in [0.2, 0.25) is 0 Å². The van der Waals surface area contributed by atoms with Gasteiger partial charge in [-0.25, -0.2) is 9.97 Å². The van der Waals surface area contributed by atoms with Crippen LogP contribution >= 0.6 is 11.8 Å². The molecule has 1 unspecified atom stereocenters. The zero-order chi connectivity index (χ0) is 22.1. The third-order valence-corrected chi connectivity index (χ3v) is 5.34. The highest BCUT2D eigenvalue weighted by Gasteiger charge is 2.15. The van der Waals surface area contributed by atoms with Gasteiger partial charge in [-0.3, -0.25) is 4.79 Å². The maximum Gasteiger partial charge on any atom is 0.220 e. The van der Waals surface area contributed by atoms with Crippen LogP contribution in [0.1, 0.15) is 41.9 Å². The maximum absolute atomic E-state index is 12.5. The molecule has 1 heterocycles. The number of ether oxygens (including phenoxy) is 3. The van der Waals surface area contributed by atoms with Gasteiger partial charge in [0.15, 0.2) is 16.7 Å². The van der Waals surface area contributed by atoms with Crippen molar-refractivity contribution in [1.82, 2.24) is 15.3 Å². The quantitative estimate of drug-likeness (QED) is 0.329. The first-order valence-corrected chi connectivity index (χ1v) is 11.1. The Morgan fingerprint density at radius 2 is 1.83 bits per heavy atom. The van der Waals surface area contributed by atoms with E-state index in [0.717, 1.165) is 27.7 Å². The van der Waals surface area contributed by atoms with E-state index in [1.165, 1.54) is 11.8 Å². The van der Waals surface area contributed by atoms with Gasteiger partial charge in [0.05, 0.1) is 19.8 Å². The summed E-state index contributed by atoms with van der Waals surface area (Å²) in [4.78, 5) is 21.5. The molecule has 2 rings (SSSR count).